The number of likely N-dealkylation sites (N-methyl/N-ethyl adjacent to an activating group) is 1. The van der Waals surface area contributed by atoms with Crippen molar-refractivity contribution in [1.29, 1.82) is 0 Å². The maximum absolute atomic E-state index is 12.5. The van der Waals surface area contributed by atoms with Crippen LogP contribution in [0.15, 0.2) is 0 Å². The molecule has 4 aliphatic rings. The molecule has 4 rings (SSSR count). The SMILES string of the molecule is CCOC(=O)C(N)C(=O)N(C)C1C2CC3CC(C2)CC1C3. The lowest BCUT2D eigenvalue weighted by atomic mass is 9.54. The van der Waals surface area contributed by atoms with Crippen LogP contribution < -0.4 is 5.73 Å². The van der Waals surface area contributed by atoms with Gasteiger partial charge in [0.15, 0.2) is 6.04 Å². The molecule has 0 aromatic carbocycles. The number of hydrogen-bond donors (Lipinski definition) is 1. The first kappa shape index (κ1) is 14.8. The molecule has 2 N–H and O–H groups in total. The van der Waals surface area contributed by atoms with Gasteiger partial charge in [0.2, 0.25) is 0 Å². The Balaban J connectivity index is 1.69. The van der Waals surface area contributed by atoms with Crippen LogP contribution in [0.4, 0.5) is 0 Å². The van der Waals surface area contributed by atoms with Crippen LogP contribution in [-0.4, -0.2) is 42.5 Å². The van der Waals surface area contributed by atoms with E-state index in [4.69, 9.17) is 10.5 Å². The Morgan fingerprint density at radius 1 is 1.14 bits per heavy atom. The van der Waals surface area contributed by atoms with Crippen molar-refractivity contribution in [3.63, 3.8) is 0 Å². The molecule has 0 saturated heterocycles. The van der Waals surface area contributed by atoms with Crippen molar-refractivity contribution in [3.8, 4) is 0 Å². The van der Waals surface area contributed by atoms with Crippen LogP contribution in [0.2, 0.25) is 0 Å². The summed E-state index contributed by atoms with van der Waals surface area (Å²) in [4.78, 5) is 25.9. The molecule has 4 bridgehead atoms. The van der Waals surface area contributed by atoms with Crippen molar-refractivity contribution in [1.82, 2.24) is 4.90 Å². The average Bonchev–Trinajstić information content (AvgIpc) is 2.44. The Bertz CT molecular complexity index is 409. The van der Waals surface area contributed by atoms with Crippen LogP contribution in [0.5, 0.6) is 0 Å². The molecule has 0 aliphatic heterocycles. The van der Waals surface area contributed by atoms with Gasteiger partial charge >= 0.3 is 5.97 Å². The number of amides is 1. The molecule has 0 radical (unpaired) electrons. The highest BCUT2D eigenvalue weighted by Gasteiger charge is 2.50. The molecule has 0 spiro atoms. The van der Waals surface area contributed by atoms with E-state index in [-0.39, 0.29) is 18.6 Å². The number of esters is 1. The molecular weight excluding hydrogens is 268 g/mol. The van der Waals surface area contributed by atoms with Gasteiger partial charge in [0.05, 0.1) is 6.61 Å². The molecule has 0 aromatic rings. The Kier molecular flexibility index (Phi) is 3.95. The molecule has 4 fully saturated rings. The summed E-state index contributed by atoms with van der Waals surface area (Å²) in [7, 11) is 1.81. The summed E-state index contributed by atoms with van der Waals surface area (Å²) in [5.74, 6) is 2.04. The minimum Gasteiger partial charge on any atom is -0.464 e. The van der Waals surface area contributed by atoms with Crippen LogP contribution in [-0.2, 0) is 14.3 Å². The van der Waals surface area contributed by atoms with Gasteiger partial charge in [-0.25, -0.2) is 4.79 Å². The summed E-state index contributed by atoms with van der Waals surface area (Å²) in [6.45, 7) is 1.97. The van der Waals surface area contributed by atoms with Gasteiger partial charge in [0.1, 0.15) is 0 Å². The van der Waals surface area contributed by atoms with Crippen molar-refractivity contribution in [2.24, 2.45) is 29.4 Å². The zero-order valence-electron chi connectivity index (χ0n) is 13.0. The Morgan fingerprint density at radius 3 is 2.14 bits per heavy atom. The monoisotopic (exact) mass is 294 g/mol. The maximum atomic E-state index is 12.5. The predicted octanol–water partition coefficient (Wildman–Crippen LogP) is 1.16. The minimum absolute atomic E-state index is 0.252. The number of ether oxygens (including phenoxy) is 1. The third kappa shape index (κ3) is 2.56. The lowest BCUT2D eigenvalue weighted by molar-refractivity contribution is -0.154. The fourth-order valence-electron chi connectivity index (χ4n) is 5.23. The summed E-state index contributed by atoms with van der Waals surface area (Å²) in [6, 6.07) is -0.905. The van der Waals surface area contributed by atoms with Crippen LogP contribution in [0.3, 0.4) is 0 Å². The van der Waals surface area contributed by atoms with E-state index in [1.54, 1.807) is 11.8 Å². The molecule has 118 valence electrons. The second-order valence-corrected chi connectivity index (χ2v) is 7.10. The van der Waals surface area contributed by atoms with E-state index < -0.39 is 12.0 Å². The zero-order chi connectivity index (χ0) is 15.1. The molecule has 4 saturated carbocycles. The molecule has 0 aromatic heterocycles. The highest BCUT2D eigenvalue weighted by Crippen LogP contribution is 2.54. The topological polar surface area (TPSA) is 72.6 Å². The average molecular weight is 294 g/mol. The first-order chi connectivity index (χ1) is 10.0. The minimum atomic E-state index is -1.17. The third-order valence-corrected chi connectivity index (χ3v) is 5.78. The van der Waals surface area contributed by atoms with Crippen molar-refractivity contribution in [2.75, 3.05) is 13.7 Å². The smallest absolute Gasteiger partial charge is 0.332 e. The Hall–Kier alpha value is -1.10. The van der Waals surface area contributed by atoms with E-state index in [9.17, 15) is 9.59 Å². The van der Waals surface area contributed by atoms with E-state index in [2.05, 4.69) is 0 Å². The lowest BCUT2D eigenvalue weighted by Crippen LogP contribution is -2.59. The molecule has 5 heteroatoms. The summed E-state index contributed by atoms with van der Waals surface area (Å²) in [6.07, 6.45) is 6.35. The molecule has 4 aliphatic carbocycles. The number of rotatable bonds is 4. The van der Waals surface area contributed by atoms with Gasteiger partial charge in [0, 0.05) is 13.1 Å². The van der Waals surface area contributed by atoms with Crippen LogP contribution in [0.25, 0.3) is 0 Å². The molecule has 1 unspecified atom stereocenters. The number of hydrogen-bond acceptors (Lipinski definition) is 4. The first-order valence-corrected chi connectivity index (χ1v) is 8.20. The van der Waals surface area contributed by atoms with Gasteiger partial charge in [0.25, 0.3) is 5.91 Å². The zero-order valence-corrected chi connectivity index (χ0v) is 13.0. The Morgan fingerprint density at radius 2 is 1.67 bits per heavy atom. The highest BCUT2D eigenvalue weighted by molar-refractivity contribution is 6.01. The number of carbonyl (C=O) groups excluding carboxylic acids is 2. The second kappa shape index (κ2) is 5.59. The largest absolute Gasteiger partial charge is 0.464 e. The number of nitrogens with two attached hydrogens (primary N) is 1. The standard InChI is InChI=1S/C16H26N2O3/c1-3-21-16(20)13(17)15(19)18(2)14-11-5-9-4-10(7-11)8-12(14)6-9/h9-14H,3-8,17H2,1-2H3. The van der Waals surface area contributed by atoms with E-state index in [0.29, 0.717) is 11.8 Å². The van der Waals surface area contributed by atoms with Crippen LogP contribution in [0.1, 0.15) is 39.0 Å². The van der Waals surface area contributed by atoms with Crippen molar-refractivity contribution in [3.05, 3.63) is 0 Å². The van der Waals surface area contributed by atoms with Crippen molar-refractivity contribution in [2.45, 2.75) is 51.1 Å². The normalized spacial score (nSPS) is 38.1. The predicted molar refractivity (Wildman–Crippen MR) is 78.2 cm³/mol. The fraction of sp³-hybridized carbons (Fsp3) is 0.875. The lowest BCUT2D eigenvalue weighted by Gasteiger charge is -2.56. The summed E-state index contributed by atoms with van der Waals surface area (Å²) in [5, 5.41) is 0. The quantitative estimate of drug-likeness (QED) is 0.624. The van der Waals surface area contributed by atoms with Crippen LogP contribution >= 0.6 is 0 Å². The first-order valence-electron chi connectivity index (χ1n) is 8.20. The van der Waals surface area contributed by atoms with E-state index in [0.717, 1.165) is 11.8 Å². The van der Waals surface area contributed by atoms with Gasteiger partial charge in [-0.05, 0) is 62.7 Å². The molecular formula is C16H26N2O3. The van der Waals surface area contributed by atoms with E-state index in [1.165, 1.54) is 32.1 Å². The molecule has 1 atom stereocenters. The van der Waals surface area contributed by atoms with Gasteiger partial charge in [-0.1, -0.05) is 0 Å². The van der Waals surface area contributed by atoms with Gasteiger partial charge in [-0.2, -0.15) is 0 Å². The Labute approximate surface area is 126 Å². The van der Waals surface area contributed by atoms with E-state index in [1.807, 2.05) is 7.05 Å². The van der Waals surface area contributed by atoms with Crippen molar-refractivity contribution < 1.29 is 14.3 Å². The molecule has 1 amide bonds. The number of nitrogens with zero attached hydrogens (tertiary/aromatic N) is 1. The summed E-state index contributed by atoms with van der Waals surface area (Å²) >= 11 is 0. The second-order valence-electron chi connectivity index (χ2n) is 7.10. The molecule has 5 nitrogen and oxygen atoms in total. The third-order valence-electron chi connectivity index (χ3n) is 5.78. The summed E-state index contributed by atoms with van der Waals surface area (Å²) < 4.78 is 4.87. The molecule has 0 heterocycles. The number of carbonyl (C=O) groups is 2. The van der Waals surface area contributed by atoms with Crippen molar-refractivity contribution >= 4 is 11.9 Å². The fourth-order valence-corrected chi connectivity index (χ4v) is 5.23. The van der Waals surface area contributed by atoms with Crippen LogP contribution in [0, 0.1) is 23.7 Å². The maximum Gasteiger partial charge on any atom is 0.332 e. The van der Waals surface area contributed by atoms with E-state index >= 15 is 0 Å². The van der Waals surface area contributed by atoms with Gasteiger partial charge < -0.3 is 15.4 Å². The van der Waals surface area contributed by atoms with Gasteiger partial charge in [-0.3, -0.25) is 4.79 Å². The molecule has 21 heavy (non-hydrogen) atoms. The highest BCUT2D eigenvalue weighted by atomic mass is 16.5. The summed E-state index contributed by atoms with van der Waals surface area (Å²) in [5.41, 5.74) is 5.78. The van der Waals surface area contributed by atoms with Gasteiger partial charge in [-0.15, -0.1) is 0 Å².